The van der Waals surface area contributed by atoms with Gasteiger partial charge in [-0.1, -0.05) is 18.2 Å². The first-order chi connectivity index (χ1) is 12.5. The van der Waals surface area contributed by atoms with Crippen molar-refractivity contribution in [2.75, 3.05) is 0 Å². The fourth-order valence-corrected chi connectivity index (χ4v) is 2.20. The molecule has 0 aliphatic rings. The molecule has 2 aromatic carbocycles. The van der Waals surface area contributed by atoms with Crippen molar-refractivity contribution in [3.05, 3.63) is 65.9 Å². The van der Waals surface area contributed by atoms with Gasteiger partial charge in [-0.15, -0.1) is 0 Å². The van der Waals surface area contributed by atoms with E-state index in [9.17, 15) is 9.59 Å². The first-order valence-electron chi connectivity index (χ1n) is 7.84. The lowest BCUT2D eigenvalue weighted by Gasteiger charge is -2.09. The van der Waals surface area contributed by atoms with E-state index < -0.39 is 18.0 Å². The minimum Gasteiger partial charge on any atom is -0.479 e. The Hall–Kier alpha value is -3.61. The van der Waals surface area contributed by atoms with E-state index in [1.54, 1.807) is 36.4 Å². The Labute approximate surface area is 148 Å². The fraction of sp³-hybridized carbons (Fsp3) is 0.105. The summed E-state index contributed by atoms with van der Waals surface area (Å²) < 4.78 is 10.7. The highest BCUT2D eigenvalue weighted by Crippen LogP contribution is 2.18. The van der Waals surface area contributed by atoms with Gasteiger partial charge in [0.05, 0.1) is 6.21 Å². The number of ether oxygens (including phenoxy) is 1. The van der Waals surface area contributed by atoms with E-state index in [1.807, 2.05) is 18.2 Å². The zero-order chi connectivity index (χ0) is 18.5. The second-order valence-electron chi connectivity index (χ2n) is 5.51. The van der Waals surface area contributed by atoms with Crippen LogP contribution in [0, 0.1) is 0 Å². The van der Waals surface area contributed by atoms with Gasteiger partial charge in [-0.25, -0.2) is 10.2 Å². The summed E-state index contributed by atoms with van der Waals surface area (Å²) in [5.41, 5.74) is 3.74. The van der Waals surface area contributed by atoms with Crippen molar-refractivity contribution >= 4 is 29.1 Å². The zero-order valence-corrected chi connectivity index (χ0v) is 13.9. The molecule has 3 aromatic rings. The summed E-state index contributed by atoms with van der Waals surface area (Å²) >= 11 is 0. The molecule has 2 N–H and O–H groups in total. The van der Waals surface area contributed by atoms with Crippen LogP contribution in [0.1, 0.15) is 23.0 Å². The molecule has 7 heteroatoms. The number of carbonyl (C=O) groups excluding carboxylic acids is 1. The zero-order valence-electron chi connectivity index (χ0n) is 13.9. The Morgan fingerprint density at radius 3 is 2.62 bits per heavy atom. The fourth-order valence-electron chi connectivity index (χ4n) is 2.20. The number of aliphatic carboxylic acids is 1. The molecular weight excluding hydrogens is 336 g/mol. The summed E-state index contributed by atoms with van der Waals surface area (Å²) in [7, 11) is 0. The number of amides is 1. The van der Waals surface area contributed by atoms with Crippen LogP contribution in [0.2, 0.25) is 0 Å². The number of carbonyl (C=O) groups is 2. The Morgan fingerprint density at radius 2 is 1.92 bits per heavy atom. The second kappa shape index (κ2) is 7.52. The van der Waals surface area contributed by atoms with Crippen LogP contribution in [0.15, 0.2) is 64.1 Å². The average molecular weight is 352 g/mol. The van der Waals surface area contributed by atoms with E-state index in [0.29, 0.717) is 16.9 Å². The van der Waals surface area contributed by atoms with Crippen molar-refractivity contribution < 1.29 is 23.8 Å². The number of nitrogens with one attached hydrogen (secondary N) is 1. The van der Waals surface area contributed by atoms with Gasteiger partial charge in [0.15, 0.2) is 11.9 Å². The van der Waals surface area contributed by atoms with Crippen LogP contribution in [0.25, 0.3) is 11.0 Å². The Kier molecular flexibility index (Phi) is 4.98. The summed E-state index contributed by atoms with van der Waals surface area (Å²) in [6, 6.07) is 15.6. The smallest absolute Gasteiger partial charge is 0.344 e. The number of rotatable bonds is 6. The third kappa shape index (κ3) is 4.07. The molecule has 1 atom stereocenters. The third-order valence-corrected chi connectivity index (χ3v) is 3.57. The molecule has 132 valence electrons. The van der Waals surface area contributed by atoms with Crippen molar-refractivity contribution in [3.63, 3.8) is 0 Å². The van der Waals surface area contributed by atoms with Gasteiger partial charge in [-0.3, -0.25) is 4.79 Å². The molecule has 1 aromatic heterocycles. The Balaban J connectivity index is 1.59. The van der Waals surface area contributed by atoms with Gasteiger partial charge in [0, 0.05) is 5.39 Å². The average Bonchev–Trinajstić information content (AvgIpc) is 3.07. The van der Waals surface area contributed by atoms with Gasteiger partial charge >= 0.3 is 11.9 Å². The van der Waals surface area contributed by atoms with Gasteiger partial charge in [-0.05, 0) is 48.9 Å². The molecule has 1 heterocycles. The number of furan rings is 1. The van der Waals surface area contributed by atoms with Gasteiger partial charge in [0.1, 0.15) is 11.3 Å². The topological polar surface area (TPSA) is 101 Å². The summed E-state index contributed by atoms with van der Waals surface area (Å²) in [5.74, 6) is -0.880. The number of fused-ring (bicyclic) bond motifs is 1. The van der Waals surface area contributed by atoms with E-state index >= 15 is 0 Å². The molecule has 1 unspecified atom stereocenters. The summed E-state index contributed by atoms with van der Waals surface area (Å²) in [6.45, 7) is 1.45. The quantitative estimate of drug-likeness (QED) is 0.524. The van der Waals surface area contributed by atoms with Crippen LogP contribution in [0.3, 0.4) is 0 Å². The van der Waals surface area contributed by atoms with Crippen molar-refractivity contribution in [2.24, 2.45) is 5.10 Å². The summed E-state index contributed by atoms with van der Waals surface area (Å²) in [4.78, 5) is 22.8. The molecule has 0 spiro atoms. The number of para-hydroxylation sites is 1. The molecule has 0 bridgehead atoms. The number of hydrogen-bond acceptors (Lipinski definition) is 5. The maximum absolute atomic E-state index is 12.0. The lowest BCUT2D eigenvalue weighted by Crippen LogP contribution is -2.22. The van der Waals surface area contributed by atoms with Crippen LogP contribution >= 0.6 is 0 Å². The van der Waals surface area contributed by atoms with E-state index in [1.165, 1.54) is 13.1 Å². The van der Waals surface area contributed by atoms with Gasteiger partial charge in [0.25, 0.3) is 0 Å². The molecule has 0 radical (unpaired) electrons. The molecular formula is C19H16N2O5. The van der Waals surface area contributed by atoms with Crippen molar-refractivity contribution in [1.82, 2.24) is 5.43 Å². The van der Waals surface area contributed by atoms with E-state index in [2.05, 4.69) is 10.5 Å². The molecule has 0 saturated carbocycles. The third-order valence-electron chi connectivity index (χ3n) is 3.57. The van der Waals surface area contributed by atoms with Crippen LogP contribution in [-0.2, 0) is 4.79 Å². The van der Waals surface area contributed by atoms with Gasteiger partial charge < -0.3 is 14.3 Å². The maximum atomic E-state index is 12.0. The van der Waals surface area contributed by atoms with Gasteiger partial charge in [-0.2, -0.15) is 5.10 Å². The van der Waals surface area contributed by atoms with Crippen molar-refractivity contribution in [2.45, 2.75) is 13.0 Å². The molecule has 3 rings (SSSR count). The number of nitrogens with zero attached hydrogens (tertiary/aromatic N) is 1. The number of benzene rings is 2. The highest BCUT2D eigenvalue weighted by atomic mass is 16.5. The van der Waals surface area contributed by atoms with E-state index in [4.69, 9.17) is 14.3 Å². The van der Waals surface area contributed by atoms with Gasteiger partial charge in [0.2, 0.25) is 0 Å². The second-order valence-corrected chi connectivity index (χ2v) is 5.51. The molecule has 7 nitrogen and oxygen atoms in total. The monoisotopic (exact) mass is 352 g/mol. The lowest BCUT2D eigenvalue weighted by atomic mass is 10.2. The van der Waals surface area contributed by atoms with Crippen LogP contribution in [0.4, 0.5) is 0 Å². The number of hydrogen-bond donors (Lipinski definition) is 2. The minimum absolute atomic E-state index is 0.176. The van der Waals surface area contributed by atoms with Crippen LogP contribution in [0.5, 0.6) is 5.75 Å². The SMILES string of the molecule is CC(Oc1ccc(/C=N/NC(=O)c2cc3ccccc3o2)cc1)C(=O)O. The Morgan fingerprint density at radius 1 is 1.19 bits per heavy atom. The number of hydrazone groups is 1. The van der Waals surface area contributed by atoms with E-state index in [0.717, 1.165) is 5.39 Å². The largest absolute Gasteiger partial charge is 0.479 e. The lowest BCUT2D eigenvalue weighted by molar-refractivity contribution is -0.144. The van der Waals surface area contributed by atoms with Crippen LogP contribution in [-0.4, -0.2) is 29.3 Å². The standard InChI is InChI=1S/C19H16N2O5/c1-12(19(23)24)25-15-8-6-13(7-9-15)11-20-21-18(22)17-10-14-4-2-3-5-16(14)26-17/h2-12H,1H3,(H,21,22)(H,23,24)/b20-11+. The predicted octanol–water partition coefficient (Wildman–Crippen LogP) is 3.05. The van der Waals surface area contributed by atoms with Crippen LogP contribution < -0.4 is 10.2 Å². The van der Waals surface area contributed by atoms with Crippen molar-refractivity contribution in [3.8, 4) is 5.75 Å². The van der Waals surface area contributed by atoms with E-state index in [-0.39, 0.29) is 5.76 Å². The minimum atomic E-state index is -1.04. The normalized spacial score (nSPS) is 12.2. The van der Waals surface area contributed by atoms with Crippen molar-refractivity contribution in [1.29, 1.82) is 0 Å². The maximum Gasteiger partial charge on any atom is 0.344 e. The number of carboxylic acid groups (broad SMARTS) is 1. The molecule has 0 aliphatic heterocycles. The number of carboxylic acids is 1. The highest BCUT2D eigenvalue weighted by Gasteiger charge is 2.12. The molecule has 1 amide bonds. The Bertz CT molecular complexity index is 926. The first-order valence-corrected chi connectivity index (χ1v) is 7.84. The highest BCUT2D eigenvalue weighted by molar-refractivity contribution is 5.96. The first kappa shape index (κ1) is 17.2. The summed E-state index contributed by atoms with van der Waals surface area (Å²) in [5, 5.41) is 13.5. The molecule has 0 fully saturated rings. The molecule has 0 saturated heterocycles. The molecule has 0 aliphatic carbocycles. The predicted molar refractivity (Wildman–Crippen MR) is 95.4 cm³/mol. The summed E-state index contributed by atoms with van der Waals surface area (Å²) in [6.07, 6.45) is 0.530. The molecule has 26 heavy (non-hydrogen) atoms.